The molecule has 100 valence electrons. The van der Waals surface area contributed by atoms with E-state index >= 15 is 0 Å². The van der Waals surface area contributed by atoms with Gasteiger partial charge in [0.05, 0.1) is 11.9 Å². The Morgan fingerprint density at radius 3 is 2.58 bits per heavy atom. The summed E-state index contributed by atoms with van der Waals surface area (Å²) in [5.74, 6) is 1.46. The Morgan fingerprint density at radius 2 is 2.00 bits per heavy atom. The molecular weight excluding hydrogens is 280 g/mol. The fraction of sp³-hybridized carbons (Fsp3) is 0.286. The number of hydrogen-bond donors (Lipinski definition) is 1. The maximum absolute atomic E-state index is 9.53. The summed E-state index contributed by atoms with van der Waals surface area (Å²) in [4.78, 5) is 9.81. The maximum atomic E-state index is 9.53. The van der Waals surface area contributed by atoms with Crippen LogP contribution in [0, 0.1) is 6.92 Å². The van der Waals surface area contributed by atoms with Crippen molar-refractivity contribution in [3.63, 3.8) is 0 Å². The fourth-order valence-electron chi connectivity index (χ4n) is 1.68. The normalized spacial score (nSPS) is 12.4. The zero-order valence-corrected chi connectivity index (χ0v) is 12.4. The lowest BCUT2D eigenvalue weighted by Gasteiger charge is -2.08. The van der Waals surface area contributed by atoms with E-state index in [1.54, 1.807) is 24.9 Å². The smallest absolute Gasteiger partial charge is 0.138 e. The molecule has 1 aromatic carbocycles. The van der Waals surface area contributed by atoms with Crippen molar-refractivity contribution in [1.82, 2.24) is 9.97 Å². The number of aryl methyl sites for hydroxylation is 1. The van der Waals surface area contributed by atoms with Gasteiger partial charge in [-0.3, -0.25) is 0 Å². The molecule has 2 aromatic rings. The van der Waals surface area contributed by atoms with Gasteiger partial charge in [0.1, 0.15) is 5.82 Å². The van der Waals surface area contributed by atoms with Gasteiger partial charge < -0.3 is 5.11 Å². The van der Waals surface area contributed by atoms with E-state index in [1.807, 2.05) is 31.2 Å². The number of nitrogens with zero attached hydrogens (tertiary/aromatic N) is 2. The van der Waals surface area contributed by atoms with Crippen molar-refractivity contribution in [1.29, 1.82) is 0 Å². The monoisotopic (exact) mass is 294 g/mol. The quantitative estimate of drug-likeness (QED) is 0.872. The largest absolute Gasteiger partial charge is 0.389 e. The van der Waals surface area contributed by atoms with Gasteiger partial charge in [-0.2, -0.15) is 0 Å². The molecule has 5 heteroatoms. The van der Waals surface area contributed by atoms with Gasteiger partial charge in [0.25, 0.3) is 0 Å². The molecule has 3 nitrogen and oxygen atoms in total. The Balaban J connectivity index is 2.04. The first-order valence-corrected chi connectivity index (χ1v) is 7.31. The van der Waals surface area contributed by atoms with E-state index in [4.69, 9.17) is 11.6 Å². The number of aliphatic hydroxyl groups excluding tert-OH is 1. The standard InChI is InChI=1S/C14H15ClN2OS/c1-9-13(10(2)18)7-16-14(17-9)8-19-12-5-3-11(15)4-6-12/h3-7,10,18H,8H2,1-2H3/t10-/m1/s1. The molecule has 1 aromatic heterocycles. The van der Waals surface area contributed by atoms with E-state index in [2.05, 4.69) is 9.97 Å². The zero-order valence-electron chi connectivity index (χ0n) is 10.8. The highest BCUT2D eigenvalue weighted by molar-refractivity contribution is 7.98. The van der Waals surface area contributed by atoms with Crippen molar-refractivity contribution in [2.45, 2.75) is 30.6 Å². The Kier molecular flexibility index (Phi) is 4.80. The predicted molar refractivity (Wildman–Crippen MR) is 78.4 cm³/mol. The first kappa shape index (κ1) is 14.3. The van der Waals surface area contributed by atoms with Crippen LogP contribution in [-0.2, 0) is 5.75 Å². The van der Waals surface area contributed by atoms with Crippen LogP contribution in [0.15, 0.2) is 35.4 Å². The summed E-state index contributed by atoms with van der Waals surface area (Å²) in [7, 11) is 0. The maximum Gasteiger partial charge on any atom is 0.138 e. The second-order valence-electron chi connectivity index (χ2n) is 4.25. The number of halogens is 1. The third-order valence-electron chi connectivity index (χ3n) is 2.70. The molecule has 1 N–H and O–H groups in total. The lowest BCUT2D eigenvalue weighted by atomic mass is 10.1. The van der Waals surface area contributed by atoms with Gasteiger partial charge in [-0.15, -0.1) is 11.8 Å². The van der Waals surface area contributed by atoms with Crippen molar-refractivity contribution in [3.8, 4) is 0 Å². The van der Waals surface area contributed by atoms with Gasteiger partial charge in [0.15, 0.2) is 0 Å². The number of aliphatic hydroxyl groups is 1. The summed E-state index contributed by atoms with van der Waals surface area (Å²) in [5.41, 5.74) is 1.61. The second-order valence-corrected chi connectivity index (χ2v) is 5.73. The fourth-order valence-corrected chi connectivity index (χ4v) is 2.57. The SMILES string of the molecule is Cc1nc(CSc2ccc(Cl)cc2)ncc1[C@@H](C)O. The van der Waals surface area contributed by atoms with Crippen LogP contribution in [0.25, 0.3) is 0 Å². The third kappa shape index (κ3) is 3.93. The minimum absolute atomic E-state index is 0.530. The van der Waals surface area contributed by atoms with Gasteiger partial charge in [-0.25, -0.2) is 9.97 Å². The summed E-state index contributed by atoms with van der Waals surface area (Å²) in [6.45, 7) is 3.61. The number of rotatable bonds is 4. The summed E-state index contributed by atoms with van der Waals surface area (Å²) < 4.78 is 0. The molecule has 0 aliphatic heterocycles. The molecule has 2 rings (SSSR count). The Bertz CT molecular complexity index is 558. The molecule has 0 radical (unpaired) electrons. The lowest BCUT2D eigenvalue weighted by molar-refractivity contribution is 0.197. The summed E-state index contributed by atoms with van der Waals surface area (Å²) in [6, 6.07) is 7.69. The first-order valence-electron chi connectivity index (χ1n) is 5.95. The van der Waals surface area contributed by atoms with Crippen LogP contribution in [0.4, 0.5) is 0 Å². The van der Waals surface area contributed by atoms with E-state index in [9.17, 15) is 5.11 Å². The minimum atomic E-state index is -0.530. The summed E-state index contributed by atoms with van der Waals surface area (Å²) in [5, 5.41) is 10.3. The highest BCUT2D eigenvalue weighted by atomic mass is 35.5. The Morgan fingerprint density at radius 1 is 1.32 bits per heavy atom. The van der Waals surface area contributed by atoms with E-state index in [0.717, 1.165) is 27.0 Å². The number of benzene rings is 1. The van der Waals surface area contributed by atoms with Crippen LogP contribution < -0.4 is 0 Å². The summed E-state index contributed by atoms with van der Waals surface area (Å²) >= 11 is 7.50. The van der Waals surface area contributed by atoms with Crippen molar-refractivity contribution < 1.29 is 5.11 Å². The van der Waals surface area contributed by atoms with Crippen LogP contribution in [0.3, 0.4) is 0 Å². The van der Waals surface area contributed by atoms with Gasteiger partial charge in [0, 0.05) is 27.4 Å². The molecule has 19 heavy (non-hydrogen) atoms. The van der Waals surface area contributed by atoms with Crippen molar-refractivity contribution in [2.75, 3.05) is 0 Å². The molecule has 0 fully saturated rings. The molecular formula is C14H15ClN2OS. The highest BCUT2D eigenvalue weighted by Crippen LogP contribution is 2.23. The highest BCUT2D eigenvalue weighted by Gasteiger charge is 2.08. The van der Waals surface area contributed by atoms with Crippen LogP contribution in [0.2, 0.25) is 5.02 Å². The van der Waals surface area contributed by atoms with Gasteiger partial charge >= 0.3 is 0 Å². The van der Waals surface area contributed by atoms with E-state index in [0.29, 0.717) is 5.75 Å². The van der Waals surface area contributed by atoms with Crippen molar-refractivity contribution in [3.05, 3.63) is 52.6 Å². The van der Waals surface area contributed by atoms with Crippen LogP contribution >= 0.6 is 23.4 Å². The van der Waals surface area contributed by atoms with Crippen LogP contribution in [0.1, 0.15) is 30.1 Å². The predicted octanol–water partition coefficient (Wildman–Crippen LogP) is 3.78. The molecule has 0 spiro atoms. The number of aromatic nitrogens is 2. The van der Waals surface area contributed by atoms with Crippen molar-refractivity contribution in [2.24, 2.45) is 0 Å². The van der Waals surface area contributed by atoms with Crippen LogP contribution in [-0.4, -0.2) is 15.1 Å². The average molecular weight is 295 g/mol. The zero-order chi connectivity index (χ0) is 13.8. The molecule has 0 amide bonds. The molecule has 1 heterocycles. The third-order valence-corrected chi connectivity index (χ3v) is 3.96. The molecule has 1 atom stereocenters. The van der Waals surface area contributed by atoms with Gasteiger partial charge in [-0.1, -0.05) is 11.6 Å². The molecule has 0 aliphatic rings. The van der Waals surface area contributed by atoms with Crippen molar-refractivity contribution >= 4 is 23.4 Å². The lowest BCUT2D eigenvalue weighted by Crippen LogP contribution is -2.02. The molecule has 0 unspecified atom stereocenters. The topological polar surface area (TPSA) is 46.0 Å². The summed E-state index contributed by atoms with van der Waals surface area (Å²) in [6.07, 6.45) is 1.17. The van der Waals surface area contributed by atoms with Gasteiger partial charge in [-0.05, 0) is 38.1 Å². The van der Waals surface area contributed by atoms with E-state index in [-0.39, 0.29) is 0 Å². The van der Waals surface area contributed by atoms with E-state index < -0.39 is 6.10 Å². The second kappa shape index (κ2) is 6.37. The van der Waals surface area contributed by atoms with Gasteiger partial charge in [0.2, 0.25) is 0 Å². The molecule has 0 aliphatic carbocycles. The number of thioether (sulfide) groups is 1. The molecule has 0 bridgehead atoms. The first-order chi connectivity index (χ1) is 9.06. The molecule has 0 saturated heterocycles. The van der Waals surface area contributed by atoms with E-state index in [1.165, 1.54) is 0 Å². The molecule has 0 saturated carbocycles. The Labute approximate surface area is 122 Å². The number of hydrogen-bond acceptors (Lipinski definition) is 4. The van der Waals surface area contributed by atoms with Crippen LogP contribution in [0.5, 0.6) is 0 Å². The average Bonchev–Trinajstić information content (AvgIpc) is 2.37. The minimum Gasteiger partial charge on any atom is -0.389 e. The Hall–Kier alpha value is -1.10.